The first-order valence-electron chi connectivity index (χ1n) is 9.04. The van der Waals surface area contributed by atoms with Gasteiger partial charge in [-0.05, 0) is 30.3 Å². The van der Waals surface area contributed by atoms with Gasteiger partial charge in [0.05, 0.1) is 11.9 Å². The molecule has 0 unspecified atom stereocenters. The summed E-state index contributed by atoms with van der Waals surface area (Å²) in [7, 11) is 0. The van der Waals surface area contributed by atoms with Crippen LogP contribution in [-0.2, 0) is 6.61 Å². The molecule has 0 bridgehead atoms. The molecular formula is C23H18FN3O2. The van der Waals surface area contributed by atoms with E-state index < -0.39 is 0 Å². The summed E-state index contributed by atoms with van der Waals surface area (Å²) in [5.41, 5.74) is 3.46. The predicted molar refractivity (Wildman–Crippen MR) is 109 cm³/mol. The zero-order valence-corrected chi connectivity index (χ0v) is 15.4. The van der Waals surface area contributed by atoms with E-state index in [2.05, 4.69) is 10.3 Å². The van der Waals surface area contributed by atoms with Crippen LogP contribution in [0.25, 0.3) is 16.9 Å². The highest BCUT2D eigenvalue weighted by Crippen LogP contribution is 2.27. The SMILES string of the molecule is O/N=C/c1cn(-c2ccccc2)nc1-c1cccc(OCc2ccccc2F)c1. The van der Waals surface area contributed by atoms with Crippen LogP contribution in [0.3, 0.4) is 0 Å². The van der Waals surface area contributed by atoms with Crippen molar-refractivity contribution in [3.63, 3.8) is 0 Å². The van der Waals surface area contributed by atoms with Crippen LogP contribution in [0.1, 0.15) is 11.1 Å². The van der Waals surface area contributed by atoms with E-state index in [0.29, 0.717) is 22.6 Å². The molecule has 4 aromatic rings. The van der Waals surface area contributed by atoms with Crippen molar-refractivity contribution in [1.82, 2.24) is 9.78 Å². The lowest BCUT2D eigenvalue weighted by Gasteiger charge is -2.08. The van der Waals surface area contributed by atoms with Crippen molar-refractivity contribution in [1.29, 1.82) is 0 Å². The number of benzene rings is 3. The van der Waals surface area contributed by atoms with Gasteiger partial charge in [0.25, 0.3) is 0 Å². The molecule has 6 heteroatoms. The molecule has 0 radical (unpaired) electrons. The minimum absolute atomic E-state index is 0.125. The number of hydrogen-bond acceptors (Lipinski definition) is 4. The summed E-state index contributed by atoms with van der Waals surface area (Å²) in [4.78, 5) is 0. The lowest BCUT2D eigenvalue weighted by molar-refractivity contribution is 0.300. The normalized spacial score (nSPS) is 11.1. The van der Waals surface area contributed by atoms with Gasteiger partial charge in [0.15, 0.2) is 0 Å². The second-order valence-corrected chi connectivity index (χ2v) is 6.37. The number of ether oxygens (including phenoxy) is 1. The maximum atomic E-state index is 13.8. The van der Waals surface area contributed by atoms with Crippen molar-refractivity contribution in [2.24, 2.45) is 5.16 Å². The van der Waals surface area contributed by atoms with Gasteiger partial charge in [0.1, 0.15) is 23.9 Å². The van der Waals surface area contributed by atoms with Crippen molar-refractivity contribution in [3.8, 4) is 22.7 Å². The Balaban J connectivity index is 1.64. The summed E-state index contributed by atoms with van der Waals surface area (Å²) in [5, 5.41) is 16.8. The Kier molecular flexibility index (Phi) is 5.33. The van der Waals surface area contributed by atoms with Gasteiger partial charge < -0.3 is 9.94 Å². The predicted octanol–water partition coefficient (Wildman–Crippen LogP) is 5.07. The van der Waals surface area contributed by atoms with Crippen LogP contribution in [0.15, 0.2) is 90.2 Å². The fraction of sp³-hybridized carbons (Fsp3) is 0.0435. The van der Waals surface area contributed by atoms with Gasteiger partial charge in [-0.15, -0.1) is 0 Å². The number of halogens is 1. The monoisotopic (exact) mass is 387 g/mol. The Morgan fingerprint density at radius 3 is 2.59 bits per heavy atom. The van der Waals surface area contributed by atoms with Crippen molar-refractivity contribution >= 4 is 6.21 Å². The van der Waals surface area contributed by atoms with Crippen LogP contribution >= 0.6 is 0 Å². The third-order valence-corrected chi connectivity index (χ3v) is 4.42. The molecule has 144 valence electrons. The van der Waals surface area contributed by atoms with Gasteiger partial charge in [-0.3, -0.25) is 0 Å². The van der Waals surface area contributed by atoms with Crippen LogP contribution in [0.4, 0.5) is 4.39 Å². The average Bonchev–Trinajstić information content (AvgIpc) is 3.18. The number of aromatic nitrogens is 2. The highest BCUT2D eigenvalue weighted by atomic mass is 19.1. The Labute approximate surface area is 167 Å². The maximum absolute atomic E-state index is 13.8. The molecule has 4 rings (SSSR count). The summed E-state index contributed by atoms with van der Waals surface area (Å²) >= 11 is 0. The first kappa shape index (κ1) is 18.4. The summed E-state index contributed by atoms with van der Waals surface area (Å²) in [5.74, 6) is 0.290. The van der Waals surface area contributed by atoms with E-state index in [4.69, 9.17) is 9.94 Å². The van der Waals surface area contributed by atoms with Gasteiger partial charge in [0, 0.05) is 22.9 Å². The minimum Gasteiger partial charge on any atom is -0.489 e. The van der Waals surface area contributed by atoms with Crippen molar-refractivity contribution in [2.45, 2.75) is 6.61 Å². The number of rotatable bonds is 6. The summed E-state index contributed by atoms with van der Waals surface area (Å²) < 4.78 is 21.3. The fourth-order valence-corrected chi connectivity index (χ4v) is 2.99. The summed E-state index contributed by atoms with van der Waals surface area (Å²) in [6.45, 7) is 0.125. The highest BCUT2D eigenvalue weighted by Gasteiger charge is 2.12. The zero-order chi connectivity index (χ0) is 20.1. The second kappa shape index (κ2) is 8.39. The van der Waals surface area contributed by atoms with Gasteiger partial charge in [-0.25, -0.2) is 9.07 Å². The molecule has 0 saturated heterocycles. The third-order valence-electron chi connectivity index (χ3n) is 4.42. The van der Waals surface area contributed by atoms with E-state index in [1.807, 2.05) is 48.5 Å². The number of oxime groups is 1. The Morgan fingerprint density at radius 2 is 1.79 bits per heavy atom. The standard InChI is InChI=1S/C23H18FN3O2/c24-22-12-5-4-7-18(22)16-29-21-11-6-8-17(13-21)23-19(14-25-28)15-27(26-23)20-9-2-1-3-10-20/h1-15,28H,16H2/b25-14+. The Bertz CT molecular complexity index is 1140. The molecule has 0 spiro atoms. The second-order valence-electron chi connectivity index (χ2n) is 6.37. The quantitative estimate of drug-likeness (QED) is 0.286. The molecule has 0 amide bonds. The van der Waals surface area contributed by atoms with E-state index in [0.717, 1.165) is 11.3 Å². The summed E-state index contributed by atoms with van der Waals surface area (Å²) in [6, 6.07) is 23.5. The smallest absolute Gasteiger partial charge is 0.129 e. The average molecular weight is 387 g/mol. The highest BCUT2D eigenvalue weighted by molar-refractivity contribution is 5.88. The molecular weight excluding hydrogens is 369 g/mol. The van der Waals surface area contributed by atoms with Crippen LogP contribution < -0.4 is 4.74 Å². The maximum Gasteiger partial charge on any atom is 0.129 e. The Hall–Kier alpha value is -3.93. The molecule has 1 heterocycles. The molecule has 1 aromatic heterocycles. The number of nitrogens with zero attached hydrogens (tertiary/aromatic N) is 3. The first-order valence-corrected chi connectivity index (χ1v) is 9.04. The van der Waals surface area contributed by atoms with E-state index in [1.165, 1.54) is 12.3 Å². The van der Waals surface area contributed by atoms with Gasteiger partial charge >= 0.3 is 0 Å². The lowest BCUT2D eigenvalue weighted by Crippen LogP contribution is -1.98. The minimum atomic E-state index is -0.299. The van der Waals surface area contributed by atoms with Crippen LogP contribution in [0.2, 0.25) is 0 Å². The molecule has 0 aliphatic carbocycles. The van der Waals surface area contributed by atoms with Gasteiger partial charge in [-0.1, -0.05) is 53.7 Å². The van der Waals surface area contributed by atoms with Crippen LogP contribution in [0, 0.1) is 5.82 Å². The Morgan fingerprint density at radius 1 is 1.00 bits per heavy atom. The third kappa shape index (κ3) is 4.16. The lowest BCUT2D eigenvalue weighted by atomic mass is 10.1. The molecule has 0 saturated carbocycles. The van der Waals surface area contributed by atoms with Gasteiger partial charge in [0.2, 0.25) is 0 Å². The summed E-state index contributed by atoms with van der Waals surface area (Å²) in [6.07, 6.45) is 3.13. The molecule has 0 aliphatic rings. The zero-order valence-electron chi connectivity index (χ0n) is 15.4. The van der Waals surface area contributed by atoms with Crippen LogP contribution in [-0.4, -0.2) is 21.2 Å². The largest absolute Gasteiger partial charge is 0.489 e. The van der Waals surface area contributed by atoms with Crippen molar-refractivity contribution in [2.75, 3.05) is 0 Å². The molecule has 1 N–H and O–H groups in total. The van der Waals surface area contributed by atoms with E-state index in [-0.39, 0.29) is 12.4 Å². The molecule has 29 heavy (non-hydrogen) atoms. The van der Waals surface area contributed by atoms with Crippen molar-refractivity contribution < 1.29 is 14.3 Å². The first-order chi connectivity index (χ1) is 14.2. The molecule has 0 fully saturated rings. The van der Waals surface area contributed by atoms with Crippen LogP contribution in [0.5, 0.6) is 5.75 Å². The topological polar surface area (TPSA) is 59.6 Å². The van der Waals surface area contributed by atoms with E-state index in [1.54, 1.807) is 35.1 Å². The van der Waals surface area contributed by atoms with Gasteiger partial charge in [-0.2, -0.15) is 5.10 Å². The number of para-hydroxylation sites is 1. The van der Waals surface area contributed by atoms with E-state index in [9.17, 15) is 4.39 Å². The van der Waals surface area contributed by atoms with E-state index >= 15 is 0 Å². The molecule has 5 nitrogen and oxygen atoms in total. The molecule has 0 aliphatic heterocycles. The molecule has 0 atom stereocenters. The fourth-order valence-electron chi connectivity index (χ4n) is 2.99. The number of hydrogen-bond donors (Lipinski definition) is 1. The molecule has 3 aromatic carbocycles. The van der Waals surface area contributed by atoms with Crippen molar-refractivity contribution in [3.05, 3.63) is 102 Å².